The molecule has 1 aromatic rings. The summed E-state index contributed by atoms with van der Waals surface area (Å²) in [4.78, 5) is 13.3. The molecule has 120 valence electrons. The first-order valence-electron chi connectivity index (χ1n) is 5.94. The molecule has 1 fully saturated rings. The average molecular weight is 361 g/mol. The lowest BCUT2D eigenvalue weighted by Gasteiger charge is -2.32. The molecule has 1 atom stereocenters. The van der Waals surface area contributed by atoms with E-state index in [4.69, 9.17) is 22.1 Å². The number of hydrogen-bond donors (Lipinski definition) is 2. The summed E-state index contributed by atoms with van der Waals surface area (Å²) in [6, 6.07) is 4.02. The van der Waals surface area contributed by atoms with Crippen molar-refractivity contribution < 1.29 is 13.9 Å². The van der Waals surface area contributed by atoms with Crippen LogP contribution < -0.4 is 15.8 Å². The highest BCUT2D eigenvalue weighted by Crippen LogP contribution is 2.22. The van der Waals surface area contributed by atoms with Crippen LogP contribution in [-0.2, 0) is 4.79 Å². The molecule has 0 aromatic heterocycles. The van der Waals surface area contributed by atoms with Crippen LogP contribution in [0.2, 0.25) is 5.02 Å². The number of nitrogens with two attached hydrogens (primary N) is 1. The van der Waals surface area contributed by atoms with E-state index in [0.717, 1.165) is 19.2 Å². The first kappa shape index (κ1) is 20.2. The van der Waals surface area contributed by atoms with Gasteiger partial charge in [0.05, 0.1) is 5.02 Å². The highest BCUT2D eigenvalue weighted by molar-refractivity contribution is 6.30. The smallest absolute Gasteiger partial charge is 0.274 e. The first-order chi connectivity index (χ1) is 9.08. The fourth-order valence-electron chi connectivity index (χ4n) is 1.91. The molecule has 0 radical (unpaired) electrons. The van der Waals surface area contributed by atoms with E-state index in [9.17, 15) is 9.18 Å². The number of primary amides is 1. The third kappa shape index (κ3) is 5.48. The first-order valence-corrected chi connectivity index (χ1v) is 6.31. The summed E-state index contributed by atoms with van der Waals surface area (Å²) in [6.45, 7) is 2.79. The minimum absolute atomic E-state index is 0. The molecule has 3 N–H and O–H groups in total. The zero-order valence-corrected chi connectivity index (χ0v) is 13.4. The van der Waals surface area contributed by atoms with Crippen molar-refractivity contribution in [2.45, 2.75) is 6.23 Å². The van der Waals surface area contributed by atoms with Crippen molar-refractivity contribution in [3.63, 3.8) is 0 Å². The third-order valence-electron chi connectivity index (χ3n) is 2.87. The number of carbonyl (C=O) groups excluding carboxylic acids is 1. The van der Waals surface area contributed by atoms with Crippen molar-refractivity contribution in [3.8, 4) is 5.75 Å². The monoisotopic (exact) mass is 359 g/mol. The van der Waals surface area contributed by atoms with Crippen molar-refractivity contribution in [1.82, 2.24) is 10.2 Å². The molecule has 1 heterocycles. The van der Waals surface area contributed by atoms with Crippen LogP contribution in [0.5, 0.6) is 5.75 Å². The number of ether oxygens (including phenoxy) is 1. The summed E-state index contributed by atoms with van der Waals surface area (Å²) < 4.78 is 18.8. The fourth-order valence-corrected chi connectivity index (χ4v) is 2.03. The Balaban J connectivity index is 0.00000200. The Bertz CT molecular complexity index is 473. The van der Waals surface area contributed by atoms with E-state index in [0.29, 0.717) is 13.1 Å². The second kappa shape index (κ2) is 9.27. The van der Waals surface area contributed by atoms with Crippen LogP contribution in [-0.4, -0.2) is 43.2 Å². The van der Waals surface area contributed by atoms with Gasteiger partial charge in [-0.25, -0.2) is 4.39 Å². The van der Waals surface area contributed by atoms with Crippen LogP contribution in [0.4, 0.5) is 4.39 Å². The van der Waals surface area contributed by atoms with Gasteiger partial charge in [0.1, 0.15) is 11.6 Å². The second-order valence-electron chi connectivity index (χ2n) is 4.23. The van der Waals surface area contributed by atoms with Gasteiger partial charge in [0, 0.05) is 32.2 Å². The van der Waals surface area contributed by atoms with Crippen LogP contribution in [0, 0.1) is 5.82 Å². The molecule has 21 heavy (non-hydrogen) atoms. The molecule has 0 saturated carbocycles. The Morgan fingerprint density at radius 2 is 2.00 bits per heavy atom. The topological polar surface area (TPSA) is 67.6 Å². The Hall–Kier alpha value is -0.790. The average Bonchev–Trinajstić information content (AvgIpc) is 2.40. The SMILES string of the molecule is Cl.Cl.NC(=O)C(Oc1ccc(Cl)c(F)c1)N1CCNCC1. The van der Waals surface area contributed by atoms with E-state index in [2.05, 4.69) is 5.32 Å². The zero-order chi connectivity index (χ0) is 13.8. The third-order valence-corrected chi connectivity index (χ3v) is 3.17. The van der Waals surface area contributed by atoms with Crippen molar-refractivity contribution in [3.05, 3.63) is 29.0 Å². The van der Waals surface area contributed by atoms with Gasteiger partial charge in [-0.3, -0.25) is 9.69 Å². The number of benzene rings is 1. The van der Waals surface area contributed by atoms with Gasteiger partial charge < -0.3 is 15.8 Å². The molecule has 2 rings (SSSR count). The minimum atomic E-state index is -0.900. The number of amides is 1. The molecule has 9 heteroatoms. The quantitative estimate of drug-likeness (QED) is 0.852. The highest BCUT2D eigenvalue weighted by Gasteiger charge is 2.27. The molecular weight excluding hydrogens is 344 g/mol. The number of nitrogens with zero attached hydrogens (tertiary/aromatic N) is 1. The Morgan fingerprint density at radius 3 is 2.52 bits per heavy atom. The summed E-state index contributed by atoms with van der Waals surface area (Å²) in [5.41, 5.74) is 5.34. The Labute approximate surface area is 139 Å². The largest absolute Gasteiger partial charge is 0.466 e. The normalized spacial score (nSPS) is 16.3. The van der Waals surface area contributed by atoms with Gasteiger partial charge in [-0.05, 0) is 12.1 Å². The van der Waals surface area contributed by atoms with Gasteiger partial charge in [0.15, 0.2) is 0 Å². The molecule has 1 saturated heterocycles. The molecule has 0 bridgehead atoms. The maximum Gasteiger partial charge on any atom is 0.274 e. The Kier molecular flexibility index (Phi) is 8.92. The second-order valence-corrected chi connectivity index (χ2v) is 4.64. The van der Waals surface area contributed by atoms with Crippen molar-refractivity contribution in [1.29, 1.82) is 0 Å². The fraction of sp³-hybridized carbons (Fsp3) is 0.417. The van der Waals surface area contributed by atoms with Gasteiger partial charge in [0.2, 0.25) is 6.23 Å². The maximum absolute atomic E-state index is 13.3. The van der Waals surface area contributed by atoms with Crippen LogP contribution in [0.3, 0.4) is 0 Å². The maximum atomic E-state index is 13.3. The summed E-state index contributed by atoms with van der Waals surface area (Å²) in [6.07, 6.45) is -0.900. The van der Waals surface area contributed by atoms with E-state index >= 15 is 0 Å². The van der Waals surface area contributed by atoms with Gasteiger partial charge >= 0.3 is 0 Å². The Morgan fingerprint density at radius 1 is 1.38 bits per heavy atom. The van der Waals surface area contributed by atoms with Crippen LogP contribution in [0.15, 0.2) is 18.2 Å². The van der Waals surface area contributed by atoms with Gasteiger partial charge in [-0.2, -0.15) is 0 Å². The summed E-state index contributed by atoms with van der Waals surface area (Å²) in [5, 5.41) is 3.17. The molecule has 1 aromatic carbocycles. The van der Waals surface area contributed by atoms with E-state index in [1.54, 1.807) is 0 Å². The molecule has 1 unspecified atom stereocenters. The van der Waals surface area contributed by atoms with E-state index in [-0.39, 0.29) is 35.6 Å². The lowest BCUT2D eigenvalue weighted by atomic mass is 10.3. The van der Waals surface area contributed by atoms with Crippen molar-refractivity contribution in [2.24, 2.45) is 5.73 Å². The standard InChI is InChI=1S/C12H15ClFN3O2.2ClH/c13-9-2-1-8(7-10(9)14)19-12(11(15)18)17-5-3-16-4-6-17;;/h1-2,7,12,16H,3-6H2,(H2,15,18);2*1H. The summed E-state index contributed by atoms with van der Waals surface area (Å²) in [7, 11) is 0. The number of nitrogens with one attached hydrogen (secondary N) is 1. The molecule has 5 nitrogen and oxygen atoms in total. The van der Waals surface area contributed by atoms with Crippen LogP contribution in [0.1, 0.15) is 0 Å². The summed E-state index contributed by atoms with van der Waals surface area (Å²) >= 11 is 5.59. The lowest BCUT2D eigenvalue weighted by Crippen LogP contribution is -2.55. The van der Waals surface area contributed by atoms with Crippen LogP contribution in [0.25, 0.3) is 0 Å². The highest BCUT2D eigenvalue weighted by atomic mass is 35.5. The lowest BCUT2D eigenvalue weighted by molar-refractivity contribution is -0.133. The number of carbonyl (C=O) groups is 1. The van der Waals surface area contributed by atoms with Crippen LogP contribution >= 0.6 is 36.4 Å². The molecular formula is C12H17Cl3FN3O2. The zero-order valence-electron chi connectivity index (χ0n) is 11.1. The number of rotatable bonds is 4. The molecule has 1 aliphatic heterocycles. The van der Waals surface area contributed by atoms with Gasteiger partial charge in [-0.1, -0.05) is 11.6 Å². The molecule has 1 aliphatic rings. The van der Waals surface area contributed by atoms with Crippen molar-refractivity contribution in [2.75, 3.05) is 26.2 Å². The van der Waals surface area contributed by atoms with E-state index < -0.39 is 18.0 Å². The number of piperazine rings is 1. The van der Waals surface area contributed by atoms with Crippen molar-refractivity contribution >= 4 is 42.3 Å². The predicted molar refractivity (Wildman–Crippen MR) is 84.0 cm³/mol. The number of halogens is 4. The molecule has 1 amide bonds. The number of hydrogen-bond acceptors (Lipinski definition) is 4. The molecule has 0 aliphatic carbocycles. The van der Waals surface area contributed by atoms with Gasteiger partial charge in [-0.15, -0.1) is 24.8 Å². The molecule has 0 spiro atoms. The van der Waals surface area contributed by atoms with E-state index in [1.165, 1.54) is 12.1 Å². The van der Waals surface area contributed by atoms with Gasteiger partial charge in [0.25, 0.3) is 5.91 Å². The summed E-state index contributed by atoms with van der Waals surface area (Å²) in [5.74, 6) is -0.968. The minimum Gasteiger partial charge on any atom is -0.466 e. The predicted octanol–water partition coefficient (Wildman–Crippen LogP) is 1.42. The van der Waals surface area contributed by atoms with E-state index in [1.807, 2.05) is 4.90 Å².